The summed E-state index contributed by atoms with van der Waals surface area (Å²) in [5.74, 6) is -0.447. The highest BCUT2D eigenvalue weighted by atomic mass is 32.2. The van der Waals surface area contributed by atoms with E-state index in [1.54, 1.807) is 0 Å². The van der Waals surface area contributed by atoms with Crippen LogP contribution < -0.4 is 10.0 Å². The first-order chi connectivity index (χ1) is 14.3. The number of nitrogens with one attached hydrogen (secondary N) is 2. The van der Waals surface area contributed by atoms with E-state index in [2.05, 4.69) is 20.0 Å². The lowest BCUT2D eigenvalue weighted by atomic mass is 10.1. The van der Waals surface area contributed by atoms with E-state index < -0.39 is 10.0 Å². The van der Waals surface area contributed by atoms with Crippen molar-refractivity contribution in [1.82, 2.24) is 20.0 Å². The average Bonchev–Trinajstić information content (AvgIpc) is 3.11. The van der Waals surface area contributed by atoms with Crippen LogP contribution in [-0.4, -0.2) is 49.4 Å². The van der Waals surface area contributed by atoms with Gasteiger partial charge in [0.15, 0.2) is 5.78 Å². The standard InChI is InChI=1S/C20H22N4O4S2/c1-30(27,28)22-11-5-8-15(25)13-21-18(26)12-19-23-17-10-9-16(24-20(17)29-19)14-6-3-2-4-7-14/h2-4,6-7,9-10,22H,5,8,11-13H2,1H3,(H,21,26). The molecule has 0 unspecified atom stereocenters. The summed E-state index contributed by atoms with van der Waals surface area (Å²) in [6.07, 6.45) is 1.71. The summed E-state index contributed by atoms with van der Waals surface area (Å²) >= 11 is 1.35. The molecule has 8 nitrogen and oxygen atoms in total. The van der Waals surface area contributed by atoms with Gasteiger partial charge in [-0.3, -0.25) is 9.59 Å². The molecule has 30 heavy (non-hydrogen) atoms. The zero-order chi connectivity index (χ0) is 21.6. The number of Topliss-reactive ketones (excluding diaryl/α,β-unsaturated/α-hetero) is 1. The number of rotatable bonds is 10. The van der Waals surface area contributed by atoms with E-state index >= 15 is 0 Å². The molecule has 0 saturated carbocycles. The van der Waals surface area contributed by atoms with Crippen LogP contribution in [0.15, 0.2) is 42.5 Å². The van der Waals surface area contributed by atoms with Gasteiger partial charge in [-0.15, -0.1) is 0 Å². The Morgan fingerprint density at radius 1 is 1.07 bits per heavy atom. The number of benzene rings is 1. The van der Waals surface area contributed by atoms with Crippen molar-refractivity contribution in [1.29, 1.82) is 0 Å². The van der Waals surface area contributed by atoms with Gasteiger partial charge in [0.2, 0.25) is 15.9 Å². The summed E-state index contributed by atoms with van der Waals surface area (Å²) in [7, 11) is -3.25. The first-order valence-corrected chi connectivity index (χ1v) is 12.1. The quantitative estimate of drug-likeness (QED) is 0.459. The Hall–Kier alpha value is -2.69. The summed E-state index contributed by atoms with van der Waals surface area (Å²) < 4.78 is 24.2. The number of amides is 1. The van der Waals surface area contributed by atoms with Crippen molar-refractivity contribution in [3.8, 4) is 11.3 Å². The molecule has 1 amide bonds. The van der Waals surface area contributed by atoms with Gasteiger partial charge in [0.25, 0.3) is 0 Å². The average molecular weight is 447 g/mol. The smallest absolute Gasteiger partial charge is 0.227 e. The highest BCUT2D eigenvalue weighted by Crippen LogP contribution is 2.25. The minimum atomic E-state index is -3.25. The molecule has 3 rings (SSSR count). The Bertz CT molecular complexity index is 1140. The second kappa shape index (κ2) is 9.88. The van der Waals surface area contributed by atoms with Crippen LogP contribution in [0.1, 0.15) is 17.8 Å². The fraction of sp³-hybridized carbons (Fsp3) is 0.300. The summed E-state index contributed by atoms with van der Waals surface area (Å²) in [4.78, 5) is 33.8. The van der Waals surface area contributed by atoms with Crippen molar-refractivity contribution in [3.63, 3.8) is 0 Å². The Balaban J connectivity index is 1.50. The molecule has 0 aliphatic carbocycles. The van der Waals surface area contributed by atoms with Gasteiger partial charge in [0.05, 0.1) is 24.9 Å². The van der Waals surface area contributed by atoms with Crippen LogP contribution in [-0.2, 0) is 26.0 Å². The Morgan fingerprint density at radius 3 is 2.57 bits per heavy atom. The van der Waals surface area contributed by atoms with Crippen LogP contribution in [0.25, 0.3) is 21.6 Å². The van der Waals surface area contributed by atoms with Crippen LogP contribution >= 0.6 is 11.3 Å². The van der Waals surface area contributed by atoms with E-state index in [0.717, 1.165) is 27.9 Å². The molecule has 0 radical (unpaired) electrons. The monoisotopic (exact) mass is 446 g/mol. The molecule has 0 spiro atoms. The molecule has 2 N–H and O–H groups in total. The number of carbonyl (C=O) groups is 2. The molecular formula is C20H22N4O4S2. The Labute approximate surface area is 178 Å². The van der Waals surface area contributed by atoms with E-state index in [1.807, 2.05) is 42.5 Å². The minimum Gasteiger partial charge on any atom is -0.349 e. The molecule has 0 aliphatic rings. The molecule has 2 aromatic heterocycles. The fourth-order valence-electron chi connectivity index (χ4n) is 2.74. The molecule has 0 bridgehead atoms. The van der Waals surface area contributed by atoms with Crippen LogP contribution in [0.3, 0.4) is 0 Å². The van der Waals surface area contributed by atoms with Gasteiger partial charge in [-0.25, -0.2) is 23.1 Å². The van der Waals surface area contributed by atoms with Gasteiger partial charge in [0, 0.05) is 18.5 Å². The zero-order valence-electron chi connectivity index (χ0n) is 16.4. The lowest BCUT2D eigenvalue weighted by Crippen LogP contribution is -2.31. The summed E-state index contributed by atoms with van der Waals surface area (Å²) in [5.41, 5.74) is 2.59. The van der Waals surface area contributed by atoms with E-state index in [0.29, 0.717) is 11.4 Å². The topological polar surface area (TPSA) is 118 Å². The molecule has 0 atom stereocenters. The van der Waals surface area contributed by atoms with Gasteiger partial charge in [-0.2, -0.15) is 0 Å². The molecule has 3 aromatic rings. The number of pyridine rings is 1. The summed E-state index contributed by atoms with van der Waals surface area (Å²) in [6.45, 7) is 0.112. The predicted molar refractivity (Wildman–Crippen MR) is 117 cm³/mol. The van der Waals surface area contributed by atoms with Crippen molar-refractivity contribution < 1.29 is 18.0 Å². The van der Waals surface area contributed by atoms with Crippen LogP contribution in [0.2, 0.25) is 0 Å². The van der Waals surface area contributed by atoms with Gasteiger partial charge >= 0.3 is 0 Å². The number of carbonyl (C=O) groups excluding carboxylic acids is 2. The number of ketones is 1. The molecule has 0 saturated heterocycles. The van der Waals surface area contributed by atoms with Gasteiger partial charge in [-0.1, -0.05) is 41.7 Å². The van der Waals surface area contributed by atoms with Gasteiger partial charge in [0.1, 0.15) is 15.4 Å². The molecule has 158 valence electrons. The third-order valence-corrected chi connectivity index (χ3v) is 5.85. The number of aromatic nitrogens is 2. The first kappa shape index (κ1) is 22.0. The highest BCUT2D eigenvalue weighted by Gasteiger charge is 2.12. The van der Waals surface area contributed by atoms with Crippen LogP contribution in [0.5, 0.6) is 0 Å². The Kier molecular flexibility index (Phi) is 7.24. The van der Waals surface area contributed by atoms with Crippen molar-refractivity contribution in [3.05, 3.63) is 47.5 Å². The number of hydrogen-bond acceptors (Lipinski definition) is 7. The lowest BCUT2D eigenvalue weighted by molar-refractivity contribution is -0.124. The van der Waals surface area contributed by atoms with Crippen molar-refractivity contribution in [2.75, 3.05) is 19.3 Å². The molecule has 10 heteroatoms. The minimum absolute atomic E-state index is 0.0740. The number of fused-ring (bicyclic) bond motifs is 1. The normalized spacial score (nSPS) is 11.5. The van der Waals surface area contributed by atoms with E-state index in [4.69, 9.17) is 0 Å². The molecule has 1 aromatic carbocycles. The van der Waals surface area contributed by atoms with Gasteiger partial charge in [-0.05, 0) is 18.6 Å². The van der Waals surface area contributed by atoms with Gasteiger partial charge < -0.3 is 5.32 Å². The summed E-state index contributed by atoms with van der Waals surface area (Å²) in [5, 5.41) is 3.22. The maximum Gasteiger partial charge on any atom is 0.227 e. The van der Waals surface area contributed by atoms with Crippen LogP contribution in [0, 0.1) is 0 Å². The largest absolute Gasteiger partial charge is 0.349 e. The fourth-order valence-corrected chi connectivity index (χ4v) is 4.18. The highest BCUT2D eigenvalue weighted by molar-refractivity contribution is 7.88. The Morgan fingerprint density at radius 2 is 1.83 bits per heavy atom. The maximum atomic E-state index is 12.1. The number of thiazole rings is 1. The van der Waals surface area contributed by atoms with E-state index in [9.17, 15) is 18.0 Å². The molecule has 0 aliphatic heterocycles. The van der Waals surface area contributed by atoms with Crippen LogP contribution in [0.4, 0.5) is 0 Å². The zero-order valence-corrected chi connectivity index (χ0v) is 18.1. The molecule has 2 heterocycles. The number of sulfonamides is 1. The SMILES string of the molecule is CS(=O)(=O)NCCCC(=O)CNC(=O)Cc1nc2ccc(-c3ccccc3)nc2s1. The third kappa shape index (κ3) is 6.68. The number of hydrogen-bond donors (Lipinski definition) is 2. The molecular weight excluding hydrogens is 424 g/mol. The lowest BCUT2D eigenvalue weighted by Gasteiger charge is -2.04. The van der Waals surface area contributed by atoms with Crippen molar-refractivity contribution in [2.45, 2.75) is 19.3 Å². The molecule has 0 fully saturated rings. The van der Waals surface area contributed by atoms with E-state index in [1.165, 1.54) is 11.3 Å². The first-order valence-electron chi connectivity index (χ1n) is 9.35. The van der Waals surface area contributed by atoms with Crippen molar-refractivity contribution in [2.24, 2.45) is 0 Å². The second-order valence-corrected chi connectivity index (χ2v) is 9.65. The second-order valence-electron chi connectivity index (χ2n) is 6.76. The summed E-state index contributed by atoms with van der Waals surface area (Å²) in [6, 6.07) is 13.6. The predicted octanol–water partition coefficient (Wildman–Crippen LogP) is 1.92. The van der Waals surface area contributed by atoms with E-state index in [-0.39, 0.29) is 37.6 Å². The van der Waals surface area contributed by atoms with Crippen molar-refractivity contribution >= 4 is 43.4 Å². The maximum absolute atomic E-state index is 12.1. The third-order valence-electron chi connectivity index (χ3n) is 4.16. The number of nitrogens with zero attached hydrogens (tertiary/aromatic N) is 2.